The number of aromatic nitrogens is 2. The lowest BCUT2D eigenvalue weighted by molar-refractivity contribution is -0.137. The number of thiocarbonyl (C=S) groups is 1. The second kappa shape index (κ2) is 9.66. The smallest absolute Gasteiger partial charge is 0.416 e. The number of pyridine rings is 1. The molecule has 4 aromatic rings. The first kappa shape index (κ1) is 23.9. The number of alkyl halides is 3. The Morgan fingerprint density at radius 2 is 1.78 bits per heavy atom. The van der Waals surface area contributed by atoms with Crippen molar-refractivity contribution in [1.82, 2.24) is 14.9 Å². The molecule has 1 saturated heterocycles. The van der Waals surface area contributed by atoms with Crippen LogP contribution in [-0.2, 0) is 6.18 Å². The maximum absolute atomic E-state index is 13.5. The predicted octanol–water partition coefficient (Wildman–Crippen LogP) is 6.47. The van der Waals surface area contributed by atoms with Crippen LogP contribution in [0.1, 0.15) is 36.0 Å². The number of hydrogen-bond acceptors (Lipinski definition) is 3. The fraction of sp³-hybridized carbons (Fsp3) is 0.185. The lowest BCUT2D eigenvalue weighted by Gasteiger charge is -2.29. The van der Waals surface area contributed by atoms with Crippen LogP contribution in [-0.4, -0.2) is 21.3 Å². The van der Waals surface area contributed by atoms with Crippen LogP contribution in [0.25, 0.3) is 5.69 Å². The molecule has 0 saturated carbocycles. The maximum atomic E-state index is 13.5. The molecule has 1 N–H and O–H groups in total. The molecule has 0 aliphatic carbocycles. The van der Waals surface area contributed by atoms with Crippen molar-refractivity contribution in [2.24, 2.45) is 0 Å². The zero-order chi connectivity index (χ0) is 25.3. The highest BCUT2D eigenvalue weighted by Gasteiger charge is 2.42. The third-order valence-corrected chi connectivity index (χ3v) is 6.37. The van der Waals surface area contributed by atoms with E-state index < -0.39 is 11.7 Å². The van der Waals surface area contributed by atoms with Gasteiger partial charge in [-0.3, -0.25) is 4.98 Å². The van der Waals surface area contributed by atoms with Crippen molar-refractivity contribution < 1.29 is 17.9 Å². The van der Waals surface area contributed by atoms with E-state index >= 15 is 0 Å². The Bertz CT molecular complexity index is 1360. The van der Waals surface area contributed by atoms with E-state index in [1.54, 1.807) is 23.0 Å². The van der Waals surface area contributed by atoms with Gasteiger partial charge in [-0.05, 0) is 85.9 Å². The molecule has 2 aromatic carbocycles. The zero-order valence-electron chi connectivity index (χ0n) is 19.3. The molecule has 5 rings (SSSR count). The first-order chi connectivity index (χ1) is 17.4. The van der Waals surface area contributed by atoms with E-state index in [2.05, 4.69) is 10.3 Å². The summed E-state index contributed by atoms with van der Waals surface area (Å²) in [6, 6.07) is 21.6. The minimum absolute atomic E-state index is 0.329. The monoisotopic (exact) mass is 508 g/mol. The Balaban J connectivity index is 1.62. The largest absolute Gasteiger partial charge is 0.494 e. The Morgan fingerprint density at radius 1 is 0.972 bits per heavy atom. The molecule has 0 radical (unpaired) electrons. The van der Waals surface area contributed by atoms with Crippen molar-refractivity contribution in [1.29, 1.82) is 0 Å². The molecule has 0 unspecified atom stereocenters. The van der Waals surface area contributed by atoms with E-state index in [-0.39, 0.29) is 12.1 Å². The number of rotatable bonds is 6. The van der Waals surface area contributed by atoms with Gasteiger partial charge in [-0.1, -0.05) is 12.1 Å². The van der Waals surface area contributed by atoms with E-state index in [1.165, 1.54) is 6.07 Å². The van der Waals surface area contributed by atoms with E-state index in [1.807, 2.05) is 66.4 Å². The average Bonchev–Trinajstić information content (AvgIpc) is 3.49. The number of ether oxygens (including phenoxy) is 1. The molecule has 2 atom stereocenters. The lowest BCUT2D eigenvalue weighted by Crippen LogP contribution is -2.30. The van der Waals surface area contributed by atoms with Gasteiger partial charge >= 0.3 is 6.18 Å². The lowest BCUT2D eigenvalue weighted by atomic mass is 10.0. The first-order valence-corrected chi connectivity index (χ1v) is 11.9. The van der Waals surface area contributed by atoms with Crippen LogP contribution >= 0.6 is 12.2 Å². The summed E-state index contributed by atoms with van der Waals surface area (Å²) >= 11 is 5.76. The fourth-order valence-corrected chi connectivity index (χ4v) is 4.85. The van der Waals surface area contributed by atoms with Crippen LogP contribution in [0.15, 0.2) is 91.3 Å². The average molecular weight is 509 g/mol. The van der Waals surface area contributed by atoms with Gasteiger partial charge in [-0.25, -0.2) is 0 Å². The summed E-state index contributed by atoms with van der Waals surface area (Å²) < 4.78 is 47.7. The van der Waals surface area contributed by atoms with Gasteiger partial charge in [0.2, 0.25) is 0 Å². The van der Waals surface area contributed by atoms with Gasteiger partial charge in [0.15, 0.2) is 5.11 Å². The second-order valence-electron chi connectivity index (χ2n) is 8.27. The summed E-state index contributed by atoms with van der Waals surface area (Å²) in [6.45, 7) is 2.47. The molecule has 5 nitrogen and oxygen atoms in total. The zero-order valence-corrected chi connectivity index (χ0v) is 20.1. The van der Waals surface area contributed by atoms with Crippen LogP contribution < -0.4 is 15.0 Å². The number of benzene rings is 2. The maximum Gasteiger partial charge on any atom is 0.416 e. The van der Waals surface area contributed by atoms with Crippen LogP contribution in [0.5, 0.6) is 5.75 Å². The van der Waals surface area contributed by atoms with Crippen molar-refractivity contribution in [2.75, 3.05) is 11.5 Å². The molecular weight excluding hydrogens is 485 g/mol. The molecule has 36 heavy (non-hydrogen) atoms. The van der Waals surface area contributed by atoms with Gasteiger partial charge in [0, 0.05) is 29.5 Å². The topological polar surface area (TPSA) is 42.3 Å². The summed E-state index contributed by atoms with van der Waals surface area (Å²) in [4.78, 5) is 6.52. The SMILES string of the molecule is CCOc1ccc(N2C(=S)N[C@@H](c3ccccn3)[C@H]2c2cccn2-c2cccc(C(F)(F)F)c2)cc1. The van der Waals surface area contributed by atoms with Gasteiger partial charge in [0.25, 0.3) is 0 Å². The van der Waals surface area contributed by atoms with Crippen LogP contribution in [0.4, 0.5) is 18.9 Å². The Kier molecular flexibility index (Phi) is 6.40. The predicted molar refractivity (Wildman–Crippen MR) is 136 cm³/mol. The molecule has 3 heterocycles. The molecule has 1 fully saturated rings. The van der Waals surface area contributed by atoms with Crippen molar-refractivity contribution >= 4 is 23.0 Å². The van der Waals surface area contributed by atoms with Gasteiger partial charge in [-0.2, -0.15) is 13.2 Å². The van der Waals surface area contributed by atoms with Crippen molar-refractivity contribution in [2.45, 2.75) is 25.2 Å². The summed E-state index contributed by atoms with van der Waals surface area (Å²) in [5.41, 5.74) is 2.08. The Hall–Kier alpha value is -3.85. The third kappa shape index (κ3) is 4.54. The van der Waals surface area contributed by atoms with Gasteiger partial charge in [0.05, 0.1) is 23.9 Å². The first-order valence-electron chi connectivity index (χ1n) is 11.4. The molecule has 1 aliphatic rings. The van der Waals surface area contributed by atoms with Gasteiger partial charge in [-0.15, -0.1) is 0 Å². The highest BCUT2D eigenvalue weighted by molar-refractivity contribution is 7.80. The highest BCUT2D eigenvalue weighted by atomic mass is 32.1. The summed E-state index contributed by atoms with van der Waals surface area (Å²) in [7, 11) is 0. The summed E-state index contributed by atoms with van der Waals surface area (Å²) in [6.07, 6.45) is -0.967. The molecule has 0 bridgehead atoms. The van der Waals surface area contributed by atoms with Crippen molar-refractivity contribution in [3.8, 4) is 11.4 Å². The number of halogens is 3. The van der Waals surface area contributed by atoms with Crippen molar-refractivity contribution in [3.63, 3.8) is 0 Å². The van der Waals surface area contributed by atoms with Crippen LogP contribution in [0.2, 0.25) is 0 Å². The van der Waals surface area contributed by atoms with Crippen LogP contribution in [0, 0.1) is 0 Å². The molecule has 1 aliphatic heterocycles. The number of nitrogens with zero attached hydrogens (tertiary/aromatic N) is 3. The molecule has 2 aromatic heterocycles. The minimum atomic E-state index is -4.44. The number of anilines is 1. The quantitative estimate of drug-likeness (QED) is 0.303. The van der Waals surface area contributed by atoms with Crippen LogP contribution in [0.3, 0.4) is 0 Å². The summed E-state index contributed by atoms with van der Waals surface area (Å²) in [5, 5.41) is 3.88. The van der Waals surface area contributed by atoms with E-state index in [0.717, 1.165) is 35.0 Å². The molecule has 0 spiro atoms. The number of hydrogen-bond donors (Lipinski definition) is 1. The number of nitrogens with one attached hydrogen (secondary N) is 1. The molecule has 184 valence electrons. The second-order valence-corrected chi connectivity index (χ2v) is 8.66. The summed E-state index contributed by atoms with van der Waals surface area (Å²) in [5.74, 6) is 0.740. The molecule has 0 amide bonds. The minimum Gasteiger partial charge on any atom is -0.494 e. The fourth-order valence-electron chi connectivity index (χ4n) is 4.51. The highest BCUT2D eigenvalue weighted by Crippen LogP contribution is 2.43. The molecular formula is C27H23F3N4OS. The van der Waals surface area contributed by atoms with E-state index in [4.69, 9.17) is 17.0 Å². The normalized spacial score (nSPS) is 17.8. The standard InChI is InChI=1S/C27H23F3N4OS/c1-2-35-21-13-11-19(12-14-21)34-25(24(32-26(34)36)22-9-3-4-15-31-22)23-10-6-16-33(23)20-8-5-7-18(17-20)27(28,29)30/h3-17,24-25H,2H2,1H3,(H,32,36)/t24-,25+/m0/s1. The molecule has 9 heteroatoms. The van der Waals surface area contributed by atoms with Gasteiger partial charge in [0.1, 0.15) is 11.8 Å². The Labute approximate surface area is 212 Å². The Morgan fingerprint density at radius 3 is 2.47 bits per heavy atom. The van der Waals surface area contributed by atoms with E-state index in [0.29, 0.717) is 17.4 Å². The van der Waals surface area contributed by atoms with Crippen molar-refractivity contribution in [3.05, 3.63) is 108 Å². The third-order valence-electron chi connectivity index (χ3n) is 6.06. The van der Waals surface area contributed by atoms with E-state index in [9.17, 15) is 13.2 Å². The van der Waals surface area contributed by atoms with Gasteiger partial charge < -0.3 is 19.5 Å².